The van der Waals surface area contributed by atoms with Gasteiger partial charge in [-0.2, -0.15) is 0 Å². The molecule has 0 spiro atoms. The molecular weight excluding hydrogens is 407 g/mol. The fourth-order valence-electron chi connectivity index (χ4n) is 2.85. The van der Waals surface area contributed by atoms with Crippen LogP contribution in [0.1, 0.15) is 21.5 Å². The molecule has 6 nitrogen and oxygen atoms in total. The Hall–Kier alpha value is -3.39. The number of sulfonamides is 1. The molecule has 0 aliphatic carbocycles. The predicted octanol–water partition coefficient (Wildman–Crippen LogP) is 4.50. The van der Waals surface area contributed by atoms with Crippen LogP contribution in [-0.4, -0.2) is 21.4 Å². The second-order valence-corrected chi connectivity index (χ2v) is 8.43. The van der Waals surface area contributed by atoms with E-state index in [4.69, 9.17) is 4.74 Å². The Kier molecular flexibility index (Phi) is 6.07. The van der Waals surface area contributed by atoms with Crippen molar-refractivity contribution in [2.75, 3.05) is 17.1 Å². The summed E-state index contributed by atoms with van der Waals surface area (Å²) in [4.78, 5) is 12.8. The van der Waals surface area contributed by atoms with E-state index in [1.807, 2.05) is 13.0 Å². The number of hydrogen-bond donors (Lipinski definition) is 2. The Labute approximate surface area is 174 Å². The number of aryl methyl sites for hydroxylation is 2. The van der Waals surface area contributed by atoms with Crippen LogP contribution in [0, 0.1) is 19.7 Å². The molecule has 0 aliphatic rings. The second-order valence-electron chi connectivity index (χ2n) is 6.75. The fraction of sp³-hybridized carbons (Fsp3) is 0.136. The summed E-state index contributed by atoms with van der Waals surface area (Å²) in [6.45, 7) is 3.60. The molecule has 0 unspecified atom stereocenters. The zero-order valence-corrected chi connectivity index (χ0v) is 17.5. The van der Waals surface area contributed by atoms with Crippen molar-refractivity contribution in [3.8, 4) is 5.75 Å². The van der Waals surface area contributed by atoms with Gasteiger partial charge in [-0.05, 0) is 73.5 Å². The van der Waals surface area contributed by atoms with Crippen molar-refractivity contribution in [1.82, 2.24) is 0 Å². The maximum atomic E-state index is 13.1. The van der Waals surface area contributed by atoms with Gasteiger partial charge >= 0.3 is 0 Å². The summed E-state index contributed by atoms with van der Waals surface area (Å²) < 4.78 is 46.1. The van der Waals surface area contributed by atoms with Crippen molar-refractivity contribution >= 4 is 27.3 Å². The summed E-state index contributed by atoms with van der Waals surface area (Å²) in [5, 5.41) is 2.77. The van der Waals surface area contributed by atoms with Crippen LogP contribution < -0.4 is 14.8 Å². The quantitative estimate of drug-likeness (QED) is 0.605. The molecule has 0 heterocycles. The minimum atomic E-state index is -3.97. The number of halogens is 1. The summed E-state index contributed by atoms with van der Waals surface area (Å²) in [6, 6.07) is 14.6. The monoisotopic (exact) mass is 428 g/mol. The average Bonchev–Trinajstić information content (AvgIpc) is 2.70. The zero-order chi connectivity index (χ0) is 21.9. The van der Waals surface area contributed by atoms with Gasteiger partial charge in [0.2, 0.25) is 0 Å². The minimum absolute atomic E-state index is 0.0845. The first-order chi connectivity index (χ1) is 14.2. The summed E-state index contributed by atoms with van der Waals surface area (Å²) in [5.41, 5.74) is 2.45. The number of carbonyl (C=O) groups excluding carboxylic acids is 1. The number of rotatable bonds is 6. The van der Waals surface area contributed by atoms with Gasteiger partial charge < -0.3 is 10.1 Å². The Morgan fingerprint density at radius 2 is 1.67 bits per heavy atom. The molecule has 1 amide bonds. The van der Waals surface area contributed by atoms with Gasteiger partial charge in [0, 0.05) is 11.3 Å². The molecule has 8 heteroatoms. The fourth-order valence-corrected chi connectivity index (χ4v) is 3.94. The standard InChI is InChI=1S/C22H21FN2O4S/c1-14-4-11-21(29-3)20(12-14)24-22(26)19-13-18(10-5-15(19)2)30(27,28)25-17-8-6-16(23)7-9-17/h4-13,25H,1-3H3,(H,24,26). The number of ether oxygens (including phenoxy) is 1. The van der Waals surface area contributed by atoms with Crippen molar-refractivity contribution in [3.05, 3.63) is 83.2 Å². The molecule has 0 atom stereocenters. The van der Waals surface area contributed by atoms with E-state index in [0.717, 1.165) is 17.7 Å². The lowest BCUT2D eigenvalue weighted by atomic mass is 10.1. The lowest BCUT2D eigenvalue weighted by Gasteiger charge is -2.14. The summed E-state index contributed by atoms with van der Waals surface area (Å²) >= 11 is 0. The highest BCUT2D eigenvalue weighted by Crippen LogP contribution is 2.27. The van der Waals surface area contributed by atoms with Crippen LogP contribution in [0.2, 0.25) is 0 Å². The van der Waals surface area contributed by atoms with E-state index in [-0.39, 0.29) is 16.1 Å². The van der Waals surface area contributed by atoms with Crippen LogP contribution in [0.5, 0.6) is 5.75 Å². The molecule has 30 heavy (non-hydrogen) atoms. The van der Waals surface area contributed by atoms with E-state index in [0.29, 0.717) is 17.0 Å². The smallest absolute Gasteiger partial charge is 0.261 e. The van der Waals surface area contributed by atoms with Crippen LogP contribution in [0.4, 0.5) is 15.8 Å². The van der Waals surface area contributed by atoms with Crippen LogP contribution in [0.15, 0.2) is 65.6 Å². The summed E-state index contributed by atoms with van der Waals surface area (Å²) in [6.07, 6.45) is 0. The van der Waals surface area contributed by atoms with Gasteiger partial charge in [-0.3, -0.25) is 9.52 Å². The maximum Gasteiger partial charge on any atom is 0.261 e. The van der Waals surface area contributed by atoms with Gasteiger partial charge in [0.05, 0.1) is 17.7 Å². The summed E-state index contributed by atoms with van der Waals surface area (Å²) in [5.74, 6) is -0.442. The van der Waals surface area contributed by atoms with E-state index in [1.165, 1.54) is 31.4 Å². The molecule has 3 rings (SSSR count). The molecule has 0 saturated heterocycles. The highest BCUT2D eigenvalue weighted by molar-refractivity contribution is 7.92. The Balaban J connectivity index is 1.90. The van der Waals surface area contributed by atoms with Gasteiger partial charge in [-0.15, -0.1) is 0 Å². The van der Waals surface area contributed by atoms with Gasteiger partial charge in [0.15, 0.2) is 0 Å². The first-order valence-electron chi connectivity index (χ1n) is 9.04. The summed E-state index contributed by atoms with van der Waals surface area (Å²) in [7, 11) is -2.47. The SMILES string of the molecule is COc1ccc(C)cc1NC(=O)c1cc(S(=O)(=O)Nc2ccc(F)cc2)ccc1C. The minimum Gasteiger partial charge on any atom is -0.495 e. The normalized spacial score (nSPS) is 11.1. The van der Waals surface area contributed by atoms with Gasteiger partial charge in [0.1, 0.15) is 11.6 Å². The van der Waals surface area contributed by atoms with Crippen LogP contribution in [0.3, 0.4) is 0 Å². The third-order valence-corrected chi connectivity index (χ3v) is 5.84. The Morgan fingerprint density at radius 3 is 2.33 bits per heavy atom. The van der Waals surface area contributed by atoms with E-state index in [2.05, 4.69) is 10.0 Å². The highest BCUT2D eigenvalue weighted by atomic mass is 32.2. The van der Waals surface area contributed by atoms with Crippen molar-refractivity contribution < 1.29 is 22.3 Å². The molecule has 0 radical (unpaired) electrons. The number of methoxy groups -OCH3 is 1. The number of hydrogen-bond acceptors (Lipinski definition) is 4. The van der Waals surface area contributed by atoms with E-state index >= 15 is 0 Å². The predicted molar refractivity (Wildman–Crippen MR) is 114 cm³/mol. The number of benzene rings is 3. The molecule has 0 fully saturated rings. The lowest BCUT2D eigenvalue weighted by Crippen LogP contribution is -2.17. The Morgan fingerprint density at radius 1 is 0.967 bits per heavy atom. The molecule has 0 saturated carbocycles. The van der Waals surface area contributed by atoms with E-state index in [9.17, 15) is 17.6 Å². The molecule has 3 aromatic rings. The molecular formula is C22H21FN2O4S. The van der Waals surface area contributed by atoms with Crippen LogP contribution >= 0.6 is 0 Å². The number of amides is 1. The van der Waals surface area contributed by atoms with Crippen molar-refractivity contribution in [2.24, 2.45) is 0 Å². The maximum absolute atomic E-state index is 13.1. The molecule has 156 valence electrons. The third-order valence-electron chi connectivity index (χ3n) is 4.46. The molecule has 0 bridgehead atoms. The molecule has 3 aromatic carbocycles. The largest absolute Gasteiger partial charge is 0.495 e. The van der Waals surface area contributed by atoms with Gasteiger partial charge in [-0.25, -0.2) is 12.8 Å². The topological polar surface area (TPSA) is 84.5 Å². The molecule has 0 aliphatic heterocycles. The van der Waals surface area contributed by atoms with E-state index in [1.54, 1.807) is 25.1 Å². The second kappa shape index (κ2) is 8.54. The Bertz CT molecular complexity index is 1190. The van der Waals surface area contributed by atoms with Crippen molar-refractivity contribution in [3.63, 3.8) is 0 Å². The van der Waals surface area contributed by atoms with Crippen LogP contribution in [0.25, 0.3) is 0 Å². The molecule has 2 N–H and O–H groups in total. The van der Waals surface area contributed by atoms with E-state index < -0.39 is 21.7 Å². The number of anilines is 2. The molecule has 0 aromatic heterocycles. The van der Waals surface area contributed by atoms with Crippen LogP contribution in [-0.2, 0) is 10.0 Å². The number of nitrogens with one attached hydrogen (secondary N) is 2. The lowest BCUT2D eigenvalue weighted by molar-refractivity contribution is 0.102. The first kappa shape index (κ1) is 21.3. The zero-order valence-electron chi connectivity index (χ0n) is 16.7. The third kappa shape index (κ3) is 4.77. The van der Waals surface area contributed by atoms with Crippen molar-refractivity contribution in [2.45, 2.75) is 18.7 Å². The first-order valence-corrected chi connectivity index (χ1v) is 10.5. The highest BCUT2D eigenvalue weighted by Gasteiger charge is 2.19. The number of carbonyl (C=O) groups is 1. The van der Waals surface area contributed by atoms with Gasteiger partial charge in [-0.1, -0.05) is 12.1 Å². The van der Waals surface area contributed by atoms with Crippen molar-refractivity contribution in [1.29, 1.82) is 0 Å². The average molecular weight is 428 g/mol. The van der Waals surface area contributed by atoms with Gasteiger partial charge in [0.25, 0.3) is 15.9 Å².